The monoisotopic (exact) mass is 233 g/mol. The van der Waals surface area contributed by atoms with Gasteiger partial charge in [-0.05, 0) is 37.8 Å². The van der Waals surface area contributed by atoms with E-state index in [0.717, 1.165) is 25.8 Å². The first-order chi connectivity index (χ1) is 8.22. The van der Waals surface area contributed by atoms with Crippen LogP contribution >= 0.6 is 0 Å². The van der Waals surface area contributed by atoms with Gasteiger partial charge in [0.05, 0.1) is 11.9 Å². The van der Waals surface area contributed by atoms with Crippen molar-refractivity contribution in [1.29, 1.82) is 0 Å². The molecule has 1 unspecified atom stereocenters. The maximum Gasteiger partial charge on any atom is 0.272 e. The molecular formula is C13H19N3O. The number of aromatic nitrogens is 1. The summed E-state index contributed by atoms with van der Waals surface area (Å²) in [6.45, 7) is 2.98. The zero-order valence-electron chi connectivity index (χ0n) is 10.2. The Morgan fingerprint density at radius 2 is 2.35 bits per heavy atom. The fourth-order valence-corrected chi connectivity index (χ4v) is 2.37. The molecular weight excluding hydrogens is 214 g/mol. The smallest absolute Gasteiger partial charge is 0.272 e. The van der Waals surface area contributed by atoms with Gasteiger partial charge in [-0.2, -0.15) is 0 Å². The van der Waals surface area contributed by atoms with Crippen molar-refractivity contribution in [3.05, 3.63) is 24.0 Å². The number of carbonyl (C=O) groups is 1. The van der Waals surface area contributed by atoms with Crippen molar-refractivity contribution in [2.75, 3.05) is 12.3 Å². The molecule has 4 nitrogen and oxygen atoms in total. The third-order valence-corrected chi connectivity index (χ3v) is 3.36. The first-order valence-electron chi connectivity index (χ1n) is 6.25. The zero-order valence-corrected chi connectivity index (χ0v) is 10.2. The molecule has 0 aromatic carbocycles. The number of carbonyl (C=O) groups excluding carboxylic acids is 1. The van der Waals surface area contributed by atoms with Gasteiger partial charge in [0.15, 0.2) is 0 Å². The summed E-state index contributed by atoms with van der Waals surface area (Å²) in [5, 5.41) is 0. The number of piperidine rings is 1. The molecule has 1 aliphatic heterocycles. The Morgan fingerprint density at radius 3 is 3.00 bits per heavy atom. The van der Waals surface area contributed by atoms with Crippen LogP contribution in [0, 0.1) is 0 Å². The van der Waals surface area contributed by atoms with Crippen molar-refractivity contribution in [2.45, 2.75) is 38.6 Å². The molecule has 4 heteroatoms. The standard InChI is InChI=1S/C13H19N3O/c1-2-11-5-3-4-8-16(11)13(17)12-7-6-10(14)9-15-12/h6-7,9,11H,2-5,8,14H2,1H3. The summed E-state index contributed by atoms with van der Waals surface area (Å²) < 4.78 is 0. The number of nitrogen functional groups attached to an aromatic ring is 1. The summed E-state index contributed by atoms with van der Waals surface area (Å²) in [6.07, 6.45) is 5.98. The Balaban J connectivity index is 2.15. The first kappa shape index (κ1) is 11.9. The van der Waals surface area contributed by atoms with Gasteiger partial charge in [-0.3, -0.25) is 4.79 Å². The van der Waals surface area contributed by atoms with Crippen LogP contribution in [0.15, 0.2) is 18.3 Å². The molecule has 0 radical (unpaired) electrons. The molecule has 2 heterocycles. The van der Waals surface area contributed by atoms with Gasteiger partial charge in [0.25, 0.3) is 5.91 Å². The topological polar surface area (TPSA) is 59.2 Å². The van der Waals surface area contributed by atoms with E-state index < -0.39 is 0 Å². The Hall–Kier alpha value is -1.58. The number of amides is 1. The van der Waals surface area contributed by atoms with E-state index in [1.165, 1.54) is 12.6 Å². The fraction of sp³-hybridized carbons (Fsp3) is 0.538. The highest BCUT2D eigenvalue weighted by molar-refractivity contribution is 5.92. The second-order valence-electron chi connectivity index (χ2n) is 4.53. The van der Waals surface area contributed by atoms with Gasteiger partial charge in [0.2, 0.25) is 0 Å². The van der Waals surface area contributed by atoms with Gasteiger partial charge in [-0.15, -0.1) is 0 Å². The van der Waals surface area contributed by atoms with Crippen molar-refractivity contribution in [3.63, 3.8) is 0 Å². The van der Waals surface area contributed by atoms with Crippen LogP contribution in [0.2, 0.25) is 0 Å². The number of likely N-dealkylation sites (tertiary alicyclic amines) is 1. The van der Waals surface area contributed by atoms with Crippen LogP contribution < -0.4 is 5.73 Å². The fourth-order valence-electron chi connectivity index (χ4n) is 2.37. The summed E-state index contributed by atoms with van der Waals surface area (Å²) in [6, 6.07) is 3.81. The number of nitrogens with zero attached hydrogens (tertiary/aromatic N) is 2. The Kier molecular flexibility index (Phi) is 3.61. The Labute approximate surface area is 102 Å². The van der Waals surface area contributed by atoms with E-state index in [-0.39, 0.29) is 5.91 Å². The van der Waals surface area contributed by atoms with Crippen LogP contribution in [0.5, 0.6) is 0 Å². The van der Waals surface area contributed by atoms with Crippen LogP contribution in [0.25, 0.3) is 0 Å². The number of hydrogen-bond acceptors (Lipinski definition) is 3. The van der Waals surface area contributed by atoms with Crippen molar-refractivity contribution >= 4 is 11.6 Å². The molecule has 1 amide bonds. The average Bonchev–Trinajstić information content (AvgIpc) is 2.39. The molecule has 1 fully saturated rings. The van der Waals surface area contributed by atoms with E-state index in [1.54, 1.807) is 12.1 Å². The molecule has 1 saturated heterocycles. The molecule has 1 aromatic heterocycles. The summed E-state index contributed by atoms with van der Waals surface area (Å²) in [7, 11) is 0. The molecule has 17 heavy (non-hydrogen) atoms. The molecule has 0 aliphatic carbocycles. The van der Waals surface area contributed by atoms with Gasteiger partial charge >= 0.3 is 0 Å². The zero-order chi connectivity index (χ0) is 12.3. The predicted octanol–water partition coefficient (Wildman–Crippen LogP) is 2.07. The molecule has 92 valence electrons. The van der Waals surface area contributed by atoms with E-state index in [1.807, 2.05) is 4.90 Å². The predicted molar refractivity (Wildman–Crippen MR) is 67.6 cm³/mol. The molecule has 1 aromatic rings. The lowest BCUT2D eigenvalue weighted by molar-refractivity contribution is 0.0602. The van der Waals surface area contributed by atoms with Crippen LogP contribution in [-0.2, 0) is 0 Å². The van der Waals surface area contributed by atoms with Gasteiger partial charge in [-0.25, -0.2) is 4.98 Å². The van der Waals surface area contributed by atoms with Crippen LogP contribution in [0.4, 0.5) is 5.69 Å². The minimum Gasteiger partial charge on any atom is -0.397 e. The lowest BCUT2D eigenvalue weighted by Gasteiger charge is -2.35. The van der Waals surface area contributed by atoms with E-state index in [0.29, 0.717) is 17.4 Å². The summed E-state index contributed by atoms with van der Waals surface area (Å²) in [5.74, 6) is 0.0385. The normalized spacial score (nSPS) is 20.3. The van der Waals surface area contributed by atoms with Gasteiger partial charge in [-0.1, -0.05) is 6.92 Å². The van der Waals surface area contributed by atoms with Gasteiger partial charge in [0, 0.05) is 12.6 Å². The molecule has 1 aliphatic rings. The second-order valence-corrected chi connectivity index (χ2v) is 4.53. The Morgan fingerprint density at radius 1 is 1.53 bits per heavy atom. The number of rotatable bonds is 2. The minimum atomic E-state index is 0.0385. The van der Waals surface area contributed by atoms with Crippen LogP contribution in [0.1, 0.15) is 43.1 Å². The second kappa shape index (κ2) is 5.17. The number of nitrogens with two attached hydrogens (primary N) is 1. The first-order valence-corrected chi connectivity index (χ1v) is 6.25. The largest absolute Gasteiger partial charge is 0.397 e. The molecule has 2 N–H and O–H groups in total. The molecule has 0 saturated carbocycles. The maximum atomic E-state index is 12.3. The molecule has 0 bridgehead atoms. The number of hydrogen-bond donors (Lipinski definition) is 1. The third kappa shape index (κ3) is 2.57. The molecule has 2 rings (SSSR count). The highest BCUT2D eigenvalue weighted by atomic mass is 16.2. The highest BCUT2D eigenvalue weighted by Gasteiger charge is 2.26. The van der Waals surface area contributed by atoms with Crippen LogP contribution in [-0.4, -0.2) is 28.4 Å². The van der Waals surface area contributed by atoms with Crippen molar-refractivity contribution in [2.24, 2.45) is 0 Å². The minimum absolute atomic E-state index is 0.0385. The maximum absolute atomic E-state index is 12.3. The van der Waals surface area contributed by atoms with Gasteiger partial charge in [0.1, 0.15) is 5.69 Å². The van der Waals surface area contributed by atoms with E-state index >= 15 is 0 Å². The lowest BCUT2D eigenvalue weighted by Crippen LogP contribution is -2.43. The number of pyridine rings is 1. The number of anilines is 1. The summed E-state index contributed by atoms with van der Waals surface area (Å²) in [5.41, 5.74) is 6.66. The Bertz CT molecular complexity index is 388. The molecule has 1 atom stereocenters. The average molecular weight is 233 g/mol. The van der Waals surface area contributed by atoms with E-state index in [4.69, 9.17) is 5.73 Å². The van der Waals surface area contributed by atoms with Crippen molar-refractivity contribution < 1.29 is 4.79 Å². The van der Waals surface area contributed by atoms with E-state index in [2.05, 4.69) is 11.9 Å². The van der Waals surface area contributed by atoms with E-state index in [9.17, 15) is 4.79 Å². The highest BCUT2D eigenvalue weighted by Crippen LogP contribution is 2.21. The van der Waals surface area contributed by atoms with Crippen LogP contribution in [0.3, 0.4) is 0 Å². The SMILES string of the molecule is CCC1CCCCN1C(=O)c1ccc(N)cn1. The van der Waals surface area contributed by atoms with Gasteiger partial charge < -0.3 is 10.6 Å². The summed E-state index contributed by atoms with van der Waals surface area (Å²) >= 11 is 0. The van der Waals surface area contributed by atoms with Crippen molar-refractivity contribution in [1.82, 2.24) is 9.88 Å². The lowest BCUT2D eigenvalue weighted by atomic mass is 9.99. The van der Waals surface area contributed by atoms with Crippen molar-refractivity contribution in [3.8, 4) is 0 Å². The third-order valence-electron chi connectivity index (χ3n) is 3.36. The quantitative estimate of drug-likeness (QED) is 0.850. The molecule has 0 spiro atoms. The summed E-state index contributed by atoms with van der Waals surface area (Å²) in [4.78, 5) is 18.4.